The molecule has 0 radical (unpaired) electrons. The summed E-state index contributed by atoms with van der Waals surface area (Å²) in [5.41, 5.74) is 0.736. The van der Waals surface area contributed by atoms with Crippen molar-refractivity contribution in [2.75, 3.05) is 21.1 Å². The summed E-state index contributed by atoms with van der Waals surface area (Å²) in [7, 11) is 5.30. The minimum Gasteiger partial charge on any atom is -0.233 e. The predicted molar refractivity (Wildman–Crippen MR) is 250 cm³/mol. The zero-order chi connectivity index (χ0) is 53.1. The Bertz CT molecular complexity index is 2970. The number of hydrogen-bond acceptors (Lipinski definition) is 6. The van der Waals surface area contributed by atoms with Crippen LogP contribution in [0.1, 0.15) is 96.2 Å². The van der Waals surface area contributed by atoms with Gasteiger partial charge in [0, 0.05) is 26.2 Å². The molecular formula is C51H48F9IrN12+6. The molecule has 3 aromatic carbocycles. The summed E-state index contributed by atoms with van der Waals surface area (Å²) in [6.45, 7) is 18.1. The summed E-state index contributed by atoms with van der Waals surface area (Å²) >= 11 is 0. The van der Waals surface area contributed by atoms with Crippen molar-refractivity contribution in [2.45, 2.75) is 97.1 Å². The molecule has 3 aromatic heterocycles. The average molecular weight is 1190 g/mol. The summed E-state index contributed by atoms with van der Waals surface area (Å²) in [4.78, 5) is 27.0. The Balaban J connectivity index is 0.000000177. The van der Waals surface area contributed by atoms with Gasteiger partial charge in [-0.2, -0.15) is 90.9 Å². The molecular weight excluding hydrogens is 1140 g/mol. The largest absolute Gasteiger partial charge is 3.00 e. The number of rotatable bonds is 3. The molecule has 0 spiro atoms. The molecule has 0 atom stereocenters. The fourth-order valence-corrected chi connectivity index (χ4v) is 6.81. The van der Waals surface area contributed by atoms with Gasteiger partial charge in [0.05, 0.1) is 11.4 Å². The molecule has 0 N–H and O–H groups in total. The van der Waals surface area contributed by atoms with Crippen molar-refractivity contribution in [3.63, 3.8) is 0 Å². The molecule has 3 aliphatic heterocycles. The summed E-state index contributed by atoms with van der Waals surface area (Å²) in [5, 5.41) is 0. The van der Waals surface area contributed by atoms with Crippen LogP contribution in [0.5, 0.6) is 0 Å². The smallest absolute Gasteiger partial charge is 0.233 e. The van der Waals surface area contributed by atoms with Crippen LogP contribution in [0, 0.1) is 18.2 Å². The van der Waals surface area contributed by atoms with E-state index in [0.717, 1.165) is 53.5 Å². The van der Waals surface area contributed by atoms with Crippen LogP contribution < -0.4 is 13.7 Å². The second-order valence-electron chi connectivity index (χ2n) is 19.8. The minimum atomic E-state index is -4.39. The Labute approximate surface area is 428 Å². The predicted octanol–water partition coefficient (Wildman–Crippen LogP) is 11.7. The van der Waals surface area contributed by atoms with Gasteiger partial charge in [-0.05, 0) is 0 Å². The van der Waals surface area contributed by atoms with Crippen LogP contribution >= 0.6 is 0 Å². The normalized spacial score (nSPS) is 14.1. The molecule has 0 aliphatic carbocycles. The maximum absolute atomic E-state index is 12.7. The second kappa shape index (κ2) is 19.8. The van der Waals surface area contributed by atoms with Gasteiger partial charge >= 0.3 is 91.4 Å². The van der Waals surface area contributed by atoms with E-state index < -0.39 is 35.2 Å². The first-order chi connectivity index (χ1) is 33.2. The molecule has 3 aliphatic rings. The third-order valence-electron chi connectivity index (χ3n) is 10.9. The Morgan fingerprint density at radius 2 is 0.753 bits per heavy atom. The van der Waals surface area contributed by atoms with E-state index in [4.69, 9.17) is 0 Å². The monoisotopic (exact) mass is 1190 g/mol. The van der Waals surface area contributed by atoms with E-state index in [9.17, 15) is 39.5 Å². The molecule has 378 valence electrons. The number of halogens is 9. The van der Waals surface area contributed by atoms with Crippen molar-refractivity contribution < 1.29 is 73.3 Å². The first kappa shape index (κ1) is 55.4. The Morgan fingerprint density at radius 3 is 1.05 bits per heavy atom. The van der Waals surface area contributed by atoms with Crippen LogP contribution in [0.2, 0.25) is 0 Å². The van der Waals surface area contributed by atoms with Crippen molar-refractivity contribution in [3.8, 4) is 0 Å². The molecule has 9 rings (SSSR count). The molecule has 73 heavy (non-hydrogen) atoms. The fourth-order valence-electron chi connectivity index (χ4n) is 6.81. The minimum absolute atomic E-state index is 0. The van der Waals surface area contributed by atoms with Gasteiger partial charge in [0.2, 0.25) is 0 Å². The van der Waals surface area contributed by atoms with Crippen molar-refractivity contribution in [1.29, 1.82) is 0 Å². The van der Waals surface area contributed by atoms with E-state index in [1.54, 1.807) is 67.2 Å². The molecule has 0 unspecified atom stereocenters. The molecule has 22 heteroatoms. The van der Waals surface area contributed by atoms with E-state index in [-0.39, 0.29) is 36.4 Å². The Hall–Kier alpha value is -6.94. The summed E-state index contributed by atoms with van der Waals surface area (Å²) in [6, 6.07) is 26.9. The van der Waals surface area contributed by atoms with Gasteiger partial charge in [-0.3, -0.25) is 0 Å². The first-order valence-electron chi connectivity index (χ1n) is 22.0. The average Bonchev–Trinajstić information content (AvgIpc) is 3.94. The number of nitrogens with zero attached hydrogens (tertiary/aromatic N) is 12. The SMILES string of the molecule is C[N+]1=C=[N+](c2[c-]cc(C(F)(F)F)cc2)c2nc(C(C)(C)C)cnc21.C[N+]1=C=[N+](c2[c-]cc(C(F)(F)F)cc2)c2nc(C(C)(C)C)cnc21.C[N+]1=C=[N+](c2[c-]cc(C(F)(F)F)cc2)c2nc(C(C)(C)C)ncc21.[Ir+3]. The van der Waals surface area contributed by atoms with Gasteiger partial charge in [0.15, 0.2) is 19.4 Å². The molecule has 6 aromatic rings. The quantitative estimate of drug-likeness (QED) is 0.0995. The van der Waals surface area contributed by atoms with E-state index in [1.807, 2.05) is 62.3 Å². The number of benzene rings is 3. The van der Waals surface area contributed by atoms with Crippen molar-refractivity contribution >= 4 is 69.9 Å². The third kappa shape index (κ3) is 12.1. The van der Waals surface area contributed by atoms with Gasteiger partial charge in [-0.25, -0.2) is 4.98 Å². The van der Waals surface area contributed by atoms with Crippen LogP contribution in [-0.4, -0.2) is 82.8 Å². The molecule has 12 nitrogen and oxygen atoms in total. The van der Waals surface area contributed by atoms with Gasteiger partial charge in [-0.15, -0.1) is 48.6 Å². The zero-order valence-corrected chi connectivity index (χ0v) is 43.9. The van der Waals surface area contributed by atoms with Gasteiger partial charge in [0.25, 0.3) is 0 Å². The van der Waals surface area contributed by atoms with Gasteiger partial charge < -0.3 is 0 Å². The molecule has 0 saturated carbocycles. The maximum atomic E-state index is 12.7. The van der Waals surface area contributed by atoms with Crippen molar-refractivity contribution in [3.05, 3.63) is 125 Å². The number of alkyl halides is 9. The Morgan fingerprint density at radius 1 is 0.411 bits per heavy atom. The fraction of sp³-hybridized carbons (Fsp3) is 0.353. The molecule has 0 amide bonds. The summed E-state index contributed by atoms with van der Waals surface area (Å²) in [5.74, 6) is 3.47. The standard InChI is InChI=1S/3C17H16F3N4.Ir/c2*1-16(2,3)13-9-21-14-15(22-13)24(10-23(14)4)12-7-5-11(6-8-12)17(18,19)20;1-16(2,3)15-21-9-13-14(22-15)24(10-23(13)4)12-7-5-11(6-8-12)17(18,19)20;/h3*5-7,9H,1-4H3;/q3*+1;+3. The van der Waals surface area contributed by atoms with Gasteiger partial charge in [0.1, 0.15) is 43.2 Å². The van der Waals surface area contributed by atoms with Crippen LogP contribution in [0.3, 0.4) is 0 Å². The number of hydrogen-bond donors (Lipinski definition) is 0. The van der Waals surface area contributed by atoms with Crippen LogP contribution in [0.4, 0.5) is 91.4 Å². The van der Waals surface area contributed by atoms with E-state index in [0.29, 0.717) is 52.0 Å². The Kier molecular flexibility index (Phi) is 15.0. The van der Waals surface area contributed by atoms with Crippen LogP contribution in [0.25, 0.3) is 0 Å². The number of aromatic nitrogens is 6. The van der Waals surface area contributed by atoms with E-state index in [2.05, 4.69) is 66.1 Å². The molecule has 0 saturated heterocycles. The van der Waals surface area contributed by atoms with Crippen molar-refractivity contribution in [2.24, 2.45) is 0 Å². The maximum Gasteiger partial charge on any atom is 3.00 e. The summed E-state index contributed by atoms with van der Waals surface area (Å²) in [6.07, 6.45) is -8.06. The molecule has 0 bridgehead atoms. The van der Waals surface area contributed by atoms with Crippen LogP contribution in [-0.2, 0) is 54.9 Å². The topological polar surface area (TPSA) is 95.4 Å². The zero-order valence-electron chi connectivity index (χ0n) is 41.5. The summed E-state index contributed by atoms with van der Waals surface area (Å²) < 4.78 is 124. The number of fused-ring (bicyclic) bond motifs is 3. The first-order valence-corrected chi connectivity index (χ1v) is 22.0. The van der Waals surface area contributed by atoms with Gasteiger partial charge in [-0.1, -0.05) is 94.2 Å². The van der Waals surface area contributed by atoms with Crippen LogP contribution in [0.15, 0.2) is 73.2 Å². The molecule has 0 fully saturated rings. The van der Waals surface area contributed by atoms with Crippen molar-refractivity contribution in [1.82, 2.24) is 43.6 Å². The van der Waals surface area contributed by atoms with E-state index >= 15 is 0 Å². The third-order valence-corrected chi connectivity index (χ3v) is 10.9. The van der Waals surface area contributed by atoms with E-state index in [1.165, 1.54) is 18.2 Å². The second-order valence-corrected chi connectivity index (χ2v) is 19.8. The molecule has 6 heterocycles.